The SMILES string of the molecule is CN(CCc1cccnc1)C(=O)c1ccc(N2CCC(NC(=O)OC(C)(C)C)C2=O)c(F)c1. The summed E-state index contributed by atoms with van der Waals surface area (Å²) in [4.78, 5) is 44.2. The number of anilines is 1. The number of nitrogens with zero attached hydrogens (tertiary/aromatic N) is 3. The van der Waals surface area contributed by atoms with Gasteiger partial charge in [-0.1, -0.05) is 6.07 Å². The third-order valence-corrected chi connectivity index (χ3v) is 5.19. The predicted molar refractivity (Wildman–Crippen MR) is 121 cm³/mol. The zero-order valence-electron chi connectivity index (χ0n) is 19.3. The summed E-state index contributed by atoms with van der Waals surface area (Å²) in [5, 5.41) is 2.54. The zero-order chi connectivity index (χ0) is 24.2. The highest BCUT2D eigenvalue weighted by atomic mass is 19.1. The molecule has 2 heterocycles. The maximum atomic E-state index is 14.9. The highest BCUT2D eigenvalue weighted by molar-refractivity contribution is 6.01. The van der Waals surface area contributed by atoms with Crippen molar-refractivity contribution in [3.63, 3.8) is 0 Å². The molecule has 2 aromatic rings. The van der Waals surface area contributed by atoms with Gasteiger partial charge in [-0.05, 0) is 63.4 Å². The van der Waals surface area contributed by atoms with Crippen LogP contribution in [-0.4, -0.2) is 59.6 Å². The Morgan fingerprint density at radius 3 is 2.70 bits per heavy atom. The van der Waals surface area contributed by atoms with Crippen LogP contribution in [0.4, 0.5) is 14.9 Å². The third-order valence-electron chi connectivity index (χ3n) is 5.19. The molecule has 0 bridgehead atoms. The van der Waals surface area contributed by atoms with E-state index in [2.05, 4.69) is 10.3 Å². The number of amides is 3. The summed E-state index contributed by atoms with van der Waals surface area (Å²) in [6.07, 6.45) is 3.69. The van der Waals surface area contributed by atoms with E-state index in [1.165, 1.54) is 21.9 Å². The van der Waals surface area contributed by atoms with Crippen LogP contribution in [0.2, 0.25) is 0 Å². The lowest BCUT2D eigenvalue weighted by Crippen LogP contribution is -2.44. The van der Waals surface area contributed by atoms with Gasteiger partial charge in [0.05, 0.1) is 5.69 Å². The molecule has 3 amide bonds. The largest absolute Gasteiger partial charge is 0.444 e. The molecule has 1 aromatic heterocycles. The van der Waals surface area contributed by atoms with Crippen molar-refractivity contribution in [1.82, 2.24) is 15.2 Å². The third kappa shape index (κ3) is 6.27. The Bertz CT molecular complexity index is 1020. The zero-order valence-corrected chi connectivity index (χ0v) is 19.3. The number of benzene rings is 1. The van der Waals surface area contributed by atoms with Crippen molar-refractivity contribution in [2.75, 3.05) is 25.0 Å². The number of rotatable bonds is 6. The van der Waals surface area contributed by atoms with Gasteiger partial charge in [-0.15, -0.1) is 0 Å². The van der Waals surface area contributed by atoms with Gasteiger partial charge < -0.3 is 19.9 Å². The molecule has 1 aliphatic rings. The van der Waals surface area contributed by atoms with Crippen LogP contribution in [0.15, 0.2) is 42.7 Å². The van der Waals surface area contributed by atoms with E-state index in [1.54, 1.807) is 40.2 Å². The summed E-state index contributed by atoms with van der Waals surface area (Å²) in [6.45, 7) is 5.88. The van der Waals surface area contributed by atoms with Gasteiger partial charge in [0.15, 0.2) is 0 Å². The Morgan fingerprint density at radius 1 is 1.30 bits per heavy atom. The molecule has 1 aromatic carbocycles. The highest BCUT2D eigenvalue weighted by Gasteiger charge is 2.36. The summed E-state index contributed by atoms with van der Waals surface area (Å²) >= 11 is 0. The summed E-state index contributed by atoms with van der Waals surface area (Å²) in [5.41, 5.74) is 0.578. The fourth-order valence-corrected chi connectivity index (χ4v) is 3.53. The topological polar surface area (TPSA) is 91.8 Å². The highest BCUT2D eigenvalue weighted by Crippen LogP contribution is 2.26. The van der Waals surface area contributed by atoms with Crippen molar-refractivity contribution in [1.29, 1.82) is 0 Å². The van der Waals surface area contributed by atoms with E-state index in [4.69, 9.17) is 4.74 Å². The van der Waals surface area contributed by atoms with Crippen LogP contribution in [0.25, 0.3) is 0 Å². The van der Waals surface area contributed by atoms with E-state index >= 15 is 0 Å². The second-order valence-electron chi connectivity index (χ2n) is 8.98. The van der Waals surface area contributed by atoms with E-state index in [0.717, 1.165) is 11.6 Å². The van der Waals surface area contributed by atoms with E-state index < -0.39 is 29.5 Å². The second kappa shape index (κ2) is 9.97. The van der Waals surface area contributed by atoms with Crippen LogP contribution >= 0.6 is 0 Å². The molecule has 1 fully saturated rings. The molecule has 176 valence electrons. The monoisotopic (exact) mass is 456 g/mol. The molecular formula is C24H29FN4O4. The lowest BCUT2D eigenvalue weighted by molar-refractivity contribution is -0.118. The maximum absolute atomic E-state index is 14.9. The minimum Gasteiger partial charge on any atom is -0.444 e. The van der Waals surface area contributed by atoms with Gasteiger partial charge in [0.25, 0.3) is 5.91 Å². The van der Waals surface area contributed by atoms with Gasteiger partial charge in [-0.3, -0.25) is 14.6 Å². The number of aromatic nitrogens is 1. The molecule has 33 heavy (non-hydrogen) atoms. The molecule has 1 N–H and O–H groups in total. The first kappa shape index (κ1) is 24.2. The fraction of sp³-hybridized carbons (Fsp3) is 0.417. The summed E-state index contributed by atoms with van der Waals surface area (Å²) in [7, 11) is 1.65. The minimum absolute atomic E-state index is 0.0723. The molecule has 0 spiro atoms. The van der Waals surface area contributed by atoms with Crippen molar-refractivity contribution in [3.8, 4) is 0 Å². The molecule has 1 aliphatic heterocycles. The van der Waals surface area contributed by atoms with Crippen molar-refractivity contribution in [3.05, 3.63) is 59.7 Å². The van der Waals surface area contributed by atoms with E-state index in [9.17, 15) is 18.8 Å². The Balaban J connectivity index is 1.62. The van der Waals surface area contributed by atoms with Gasteiger partial charge in [0, 0.05) is 38.1 Å². The number of ether oxygens (including phenoxy) is 1. The van der Waals surface area contributed by atoms with E-state index in [1.807, 2.05) is 12.1 Å². The van der Waals surface area contributed by atoms with Crippen LogP contribution < -0.4 is 10.2 Å². The number of likely N-dealkylation sites (N-methyl/N-ethyl adjacent to an activating group) is 1. The normalized spacial score (nSPS) is 16.0. The number of alkyl carbamates (subject to hydrolysis) is 1. The summed E-state index contributed by atoms with van der Waals surface area (Å²) in [5.74, 6) is -1.42. The number of halogens is 1. The number of hydrogen-bond acceptors (Lipinski definition) is 5. The van der Waals surface area contributed by atoms with Gasteiger partial charge in [-0.2, -0.15) is 0 Å². The number of nitrogens with one attached hydrogen (secondary N) is 1. The maximum Gasteiger partial charge on any atom is 0.408 e. The van der Waals surface area contributed by atoms with Crippen LogP contribution in [0.5, 0.6) is 0 Å². The summed E-state index contributed by atoms with van der Waals surface area (Å²) in [6, 6.07) is 7.03. The number of carbonyl (C=O) groups is 3. The predicted octanol–water partition coefficient (Wildman–Crippen LogP) is 3.17. The van der Waals surface area contributed by atoms with Crippen molar-refractivity contribution in [2.24, 2.45) is 0 Å². The lowest BCUT2D eigenvalue weighted by atomic mass is 10.1. The minimum atomic E-state index is -0.792. The Morgan fingerprint density at radius 2 is 2.06 bits per heavy atom. The quantitative estimate of drug-likeness (QED) is 0.721. The molecule has 1 unspecified atom stereocenters. The number of hydrogen-bond donors (Lipinski definition) is 1. The Kier molecular flexibility index (Phi) is 7.30. The Labute approximate surface area is 192 Å². The smallest absolute Gasteiger partial charge is 0.408 e. The van der Waals surface area contributed by atoms with Gasteiger partial charge >= 0.3 is 6.09 Å². The molecule has 0 radical (unpaired) electrons. The van der Waals surface area contributed by atoms with Crippen LogP contribution in [-0.2, 0) is 16.0 Å². The van der Waals surface area contributed by atoms with Crippen LogP contribution in [0, 0.1) is 5.82 Å². The molecule has 8 nitrogen and oxygen atoms in total. The lowest BCUT2D eigenvalue weighted by Gasteiger charge is -2.22. The molecular weight excluding hydrogens is 427 g/mol. The first-order valence-corrected chi connectivity index (χ1v) is 10.8. The van der Waals surface area contributed by atoms with E-state index in [0.29, 0.717) is 19.4 Å². The molecule has 9 heteroatoms. The second-order valence-corrected chi connectivity index (χ2v) is 8.98. The van der Waals surface area contributed by atoms with Gasteiger partial charge in [0.1, 0.15) is 17.5 Å². The number of pyridine rings is 1. The average molecular weight is 457 g/mol. The average Bonchev–Trinajstić information content (AvgIpc) is 3.10. The standard InChI is InChI=1S/C24H29FN4O4/c1-24(2,3)33-23(32)27-19-10-13-29(22(19)31)20-8-7-17(14-18(20)25)21(30)28(4)12-9-16-6-5-11-26-15-16/h5-8,11,14-15,19H,9-10,12-13H2,1-4H3,(H,27,32). The van der Waals surface area contributed by atoms with Crippen molar-refractivity contribution < 1.29 is 23.5 Å². The first-order chi connectivity index (χ1) is 15.5. The van der Waals surface area contributed by atoms with Gasteiger partial charge in [-0.25, -0.2) is 9.18 Å². The van der Waals surface area contributed by atoms with Crippen molar-refractivity contribution in [2.45, 2.75) is 45.3 Å². The van der Waals surface area contributed by atoms with E-state index in [-0.39, 0.29) is 23.7 Å². The van der Waals surface area contributed by atoms with Crippen molar-refractivity contribution >= 4 is 23.6 Å². The first-order valence-electron chi connectivity index (χ1n) is 10.8. The summed E-state index contributed by atoms with van der Waals surface area (Å²) < 4.78 is 20.1. The molecule has 1 saturated heterocycles. The van der Waals surface area contributed by atoms with Crippen LogP contribution in [0.1, 0.15) is 43.1 Å². The number of carbonyl (C=O) groups excluding carboxylic acids is 3. The molecule has 0 saturated carbocycles. The Hall–Kier alpha value is -3.49. The van der Waals surface area contributed by atoms with Gasteiger partial charge in [0.2, 0.25) is 5.91 Å². The molecule has 1 atom stereocenters. The fourth-order valence-electron chi connectivity index (χ4n) is 3.53. The van der Waals surface area contributed by atoms with Crippen LogP contribution in [0.3, 0.4) is 0 Å². The molecule has 0 aliphatic carbocycles. The molecule has 3 rings (SSSR count).